The van der Waals surface area contributed by atoms with Crippen molar-refractivity contribution in [3.05, 3.63) is 39.6 Å². The average Bonchev–Trinajstić information content (AvgIpc) is 2.74. The normalized spacial score (nSPS) is 17.4. The van der Waals surface area contributed by atoms with Crippen LogP contribution >= 0.6 is 11.8 Å². The third-order valence-electron chi connectivity index (χ3n) is 3.32. The van der Waals surface area contributed by atoms with Crippen molar-refractivity contribution in [3.63, 3.8) is 0 Å². The summed E-state index contributed by atoms with van der Waals surface area (Å²) in [6.07, 6.45) is 0. The number of benzene rings is 1. The van der Waals surface area contributed by atoms with Crippen molar-refractivity contribution in [1.29, 1.82) is 0 Å². The molecule has 104 valence electrons. The predicted molar refractivity (Wildman–Crippen MR) is 70.5 cm³/mol. The van der Waals surface area contributed by atoms with E-state index in [1.54, 1.807) is 4.57 Å². The number of halogens is 2. The van der Waals surface area contributed by atoms with E-state index in [4.69, 9.17) is 0 Å². The van der Waals surface area contributed by atoms with Crippen LogP contribution < -0.4 is 5.43 Å². The summed E-state index contributed by atoms with van der Waals surface area (Å²) in [4.78, 5) is 23.5. The van der Waals surface area contributed by atoms with Gasteiger partial charge in [0.05, 0.1) is 10.5 Å². The lowest BCUT2D eigenvalue weighted by molar-refractivity contribution is 0.0690. The molecule has 0 saturated carbocycles. The zero-order valence-electron chi connectivity index (χ0n) is 10.3. The number of thioether (sulfide) groups is 1. The van der Waals surface area contributed by atoms with Gasteiger partial charge in [-0.25, -0.2) is 13.6 Å². The fourth-order valence-corrected chi connectivity index (χ4v) is 3.71. The van der Waals surface area contributed by atoms with Gasteiger partial charge < -0.3 is 9.67 Å². The van der Waals surface area contributed by atoms with E-state index in [0.717, 1.165) is 12.1 Å². The Morgan fingerprint density at radius 1 is 1.40 bits per heavy atom. The van der Waals surface area contributed by atoms with Crippen LogP contribution in [0.15, 0.2) is 22.0 Å². The van der Waals surface area contributed by atoms with Gasteiger partial charge in [-0.2, -0.15) is 0 Å². The smallest absolute Gasteiger partial charge is 0.342 e. The lowest BCUT2D eigenvalue weighted by Crippen LogP contribution is -2.21. The number of nitrogens with zero attached hydrogens (tertiary/aromatic N) is 1. The van der Waals surface area contributed by atoms with E-state index in [1.165, 1.54) is 11.8 Å². The molecule has 1 aliphatic rings. The quantitative estimate of drug-likeness (QED) is 0.879. The number of carboxylic acid groups (broad SMARTS) is 1. The van der Waals surface area contributed by atoms with E-state index in [9.17, 15) is 23.5 Å². The lowest BCUT2D eigenvalue weighted by atomic mass is 10.1. The number of pyridine rings is 1. The largest absolute Gasteiger partial charge is 0.477 e. The van der Waals surface area contributed by atoms with Crippen LogP contribution in [0.4, 0.5) is 8.78 Å². The molecule has 1 N–H and O–H groups in total. The maximum Gasteiger partial charge on any atom is 0.342 e. The van der Waals surface area contributed by atoms with Gasteiger partial charge in [-0.1, -0.05) is 0 Å². The highest BCUT2D eigenvalue weighted by Gasteiger charge is 2.29. The van der Waals surface area contributed by atoms with E-state index in [1.807, 2.05) is 6.92 Å². The summed E-state index contributed by atoms with van der Waals surface area (Å²) >= 11 is 1.24. The Bertz CT molecular complexity index is 816. The molecule has 0 spiro atoms. The minimum atomic E-state index is -1.35. The second-order valence-electron chi connectivity index (χ2n) is 4.63. The second-order valence-corrected chi connectivity index (χ2v) is 5.64. The zero-order chi connectivity index (χ0) is 14.6. The van der Waals surface area contributed by atoms with E-state index in [2.05, 4.69) is 0 Å². The molecular formula is C13H9F2NO3S. The van der Waals surface area contributed by atoms with Crippen LogP contribution in [-0.4, -0.2) is 21.4 Å². The Balaban J connectivity index is 2.57. The third-order valence-corrected chi connectivity index (χ3v) is 4.64. The lowest BCUT2D eigenvalue weighted by Gasteiger charge is -2.15. The minimum absolute atomic E-state index is 0.0962. The van der Waals surface area contributed by atoms with Gasteiger partial charge in [0.15, 0.2) is 11.6 Å². The number of aromatic nitrogens is 1. The number of hydrogen-bond donors (Lipinski definition) is 1. The highest BCUT2D eigenvalue weighted by atomic mass is 32.2. The molecule has 0 fully saturated rings. The predicted octanol–water partition coefficient (Wildman–Crippen LogP) is 2.64. The first-order chi connectivity index (χ1) is 9.41. The van der Waals surface area contributed by atoms with Crippen LogP contribution in [0.2, 0.25) is 0 Å². The van der Waals surface area contributed by atoms with Crippen LogP contribution in [0.25, 0.3) is 10.9 Å². The number of fused-ring (bicyclic) bond motifs is 3. The summed E-state index contributed by atoms with van der Waals surface area (Å²) in [6, 6.07) is 1.62. The Labute approximate surface area is 116 Å². The first kappa shape index (κ1) is 13.1. The molecule has 0 saturated heterocycles. The summed E-state index contributed by atoms with van der Waals surface area (Å²) in [5.41, 5.74) is -0.927. The standard InChI is InChI=1S/C13H9F2NO3S/c1-5-4-20-12-10(13(18)19)11(17)6-2-7(14)8(15)3-9(6)16(5)12/h2-3,5H,4H2,1H3,(H,18,19). The molecule has 0 amide bonds. The van der Waals surface area contributed by atoms with Crippen LogP contribution in [-0.2, 0) is 0 Å². The van der Waals surface area contributed by atoms with Gasteiger partial charge in [-0.3, -0.25) is 4.79 Å². The molecule has 1 aromatic carbocycles. The summed E-state index contributed by atoms with van der Waals surface area (Å²) in [6.45, 7) is 1.83. The zero-order valence-corrected chi connectivity index (χ0v) is 11.1. The molecule has 3 rings (SSSR count). The van der Waals surface area contributed by atoms with E-state index < -0.39 is 23.0 Å². The summed E-state index contributed by atoms with van der Waals surface area (Å²) < 4.78 is 28.3. The molecule has 0 radical (unpaired) electrons. The van der Waals surface area contributed by atoms with Crippen molar-refractivity contribution >= 4 is 28.6 Å². The maximum atomic E-state index is 13.4. The minimum Gasteiger partial charge on any atom is -0.477 e. The molecule has 1 unspecified atom stereocenters. The van der Waals surface area contributed by atoms with Crippen molar-refractivity contribution < 1.29 is 18.7 Å². The molecule has 2 aromatic rings. The molecule has 2 heterocycles. The first-order valence-electron chi connectivity index (χ1n) is 5.85. The number of aromatic carboxylic acids is 1. The molecular weight excluding hydrogens is 288 g/mol. The van der Waals surface area contributed by atoms with Gasteiger partial charge >= 0.3 is 5.97 Å². The third kappa shape index (κ3) is 1.66. The molecule has 4 nitrogen and oxygen atoms in total. The van der Waals surface area contributed by atoms with Crippen molar-refractivity contribution in [2.24, 2.45) is 0 Å². The van der Waals surface area contributed by atoms with Crippen molar-refractivity contribution in [2.75, 3.05) is 5.75 Å². The SMILES string of the molecule is CC1CSc2c(C(=O)O)c(=O)c3cc(F)c(F)cc3n21. The van der Waals surface area contributed by atoms with Gasteiger partial charge in [0, 0.05) is 23.2 Å². The van der Waals surface area contributed by atoms with Gasteiger partial charge in [-0.15, -0.1) is 11.8 Å². The van der Waals surface area contributed by atoms with Crippen LogP contribution in [0.3, 0.4) is 0 Å². The fraction of sp³-hybridized carbons (Fsp3) is 0.231. The fourth-order valence-electron chi connectivity index (χ4n) is 2.42. The highest BCUT2D eigenvalue weighted by molar-refractivity contribution is 7.99. The Hall–Kier alpha value is -1.89. The van der Waals surface area contributed by atoms with Gasteiger partial charge in [0.2, 0.25) is 5.43 Å². The Morgan fingerprint density at radius 2 is 2.05 bits per heavy atom. The topological polar surface area (TPSA) is 59.3 Å². The Kier molecular flexibility index (Phi) is 2.82. The van der Waals surface area contributed by atoms with Crippen molar-refractivity contribution in [2.45, 2.75) is 18.0 Å². The number of carbonyl (C=O) groups is 1. The van der Waals surface area contributed by atoms with Crippen LogP contribution in [0.5, 0.6) is 0 Å². The molecule has 20 heavy (non-hydrogen) atoms. The number of carboxylic acids is 1. The van der Waals surface area contributed by atoms with Gasteiger partial charge in [0.25, 0.3) is 0 Å². The first-order valence-corrected chi connectivity index (χ1v) is 6.83. The molecule has 1 aromatic heterocycles. The Morgan fingerprint density at radius 3 is 2.70 bits per heavy atom. The second kappa shape index (κ2) is 4.31. The van der Waals surface area contributed by atoms with Crippen molar-refractivity contribution in [3.8, 4) is 0 Å². The van der Waals surface area contributed by atoms with E-state index >= 15 is 0 Å². The van der Waals surface area contributed by atoms with Gasteiger partial charge in [0.1, 0.15) is 5.56 Å². The molecule has 1 atom stereocenters. The van der Waals surface area contributed by atoms with Crippen molar-refractivity contribution in [1.82, 2.24) is 4.57 Å². The number of hydrogen-bond acceptors (Lipinski definition) is 3. The molecule has 0 bridgehead atoms. The maximum absolute atomic E-state index is 13.4. The molecule has 0 aliphatic carbocycles. The van der Waals surface area contributed by atoms with Crippen LogP contribution in [0, 0.1) is 11.6 Å². The highest BCUT2D eigenvalue weighted by Crippen LogP contribution is 2.37. The molecule has 7 heteroatoms. The average molecular weight is 297 g/mol. The van der Waals surface area contributed by atoms with E-state index in [-0.39, 0.29) is 22.5 Å². The summed E-state index contributed by atoms with van der Waals surface area (Å²) in [5.74, 6) is -2.99. The summed E-state index contributed by atoms with van der Waals surface area (Å²) in [7, 11) is 0. The molecule has 1 aliphatic heterocycles. The summed E-state index contributed by atoms with van der Waals surface area (Å²) in [5, 5.41) is 9.39. The van der Waals surface area contributed by atoms with E-state index in [0.29, 0.717) is 10.8 Å². The number of rotatable bonds is 1. The van der Waals surface area contributed by atoms with Crippen LogP contribution in [0.1, 0.15) is 23.3 Å². The monoisotopic (exact) mass is 297 g/mol. The van der Waals surface area contributed by atoms with Gasteiger partial charge in [-0.05, 0) is 13.0 Å².